The summed E-state index contributed by atoms with van der Waals surface area (Å²) in [6, 6.07) is 9.19. The molecular formula is C13H9Cl2N3. The van der Waals surface area contributed by atoms with Crippen LogP contribution in [0.1, 0.15) is 0 Å². The summed E-state index contributed by atoms with van der Waals surface area (Å²) < 4.78 is 1.93. The van der Waals surface area contributed by atoms with Gasteiger partial charge in [-0.05, 0) is 24.3 Å². The molecule has 0 saturated heterocycles. The Bertz CT molecular complexity index is 734. The van der Waals surface area contributed by atoms with Gasteiger partial charge in [0.05, 0.1) is 27.6 Å². The minimum absolute atomic E-state index is 0.521. The van der Waals surface area contributed by atoms with Gasteiger partial charge in [0.15, 0.2) is 5.65 Å². The molecule has 0 atom stereocenters. The van der Waals surface area contributed by atoms with Gasteiger partial charge in [-0.15, -0.1) is 0 Å². The van der Waals surface area contributed by atoms with Crippen molar-refractivity contribution in [1.29, 1.82) is 0 Å². The van der Waals surface area contributed by atoms with Crippen molar-refractivity contribution in [3.8, 4) is 11.3 Å². The molecule has 0 saturated carbocycles. The normalized spacial score (nSPS) is 11.0. The Morgan fingerprint density at radius 1 is 1.11 bits per heavy atom. The van der Waals surface area contributed by atoms with Gasteiger partial charge in [0.1, 0.15) is 0 Å². The number of fused-ring (bicyclic) bond motifs is 1. The number of hydrogen-bond acceptors (Lipinski definition) is 2. The molecule has 2 aromatic heterocycles. The first kappa shape index (κ1) is 11.4. The molecule has 3 aromatic rings. The molecule has 0 aliphatic heterocycles. The molecule has 18 heavy (non-hydrogen) atoms. The van der Waals surface area contributed by atoms with Crippen LogP contribution in [0.3, 0.4) is 0 Å². The first-order chi connectivity index (χ1) is 8.66. The number of rotatable bonds is 1. The summed E-state index contributed by atoms with van der Waals surface area (Å²) in [6.07, 6.45) is 3.68. The Balaban J connectivity index is 2.25. The maximum absolute atomic E-state index is 6.03. The zero-order valence-corrected chi connectivity index (χ0v) is 10.8. The third-order valence-corrected chi connectivity index (χ3v) is 3.52. The van der Waals surface area contributed by atoms with Crippen LogP contribution in [0.4, 0.5) is 5.69 Å². The van der Waals surface area contributed by atoms with Crippen LogP contribution in [0.2, 0.25) is 10.0 Å². The lowest BCUT2D eigenvalue weighted by atomic mass is 10.2. The molecule has 3 rings (SSSR count). The van der Waals surface area contributed by atoms with Gasteiger partial charge < -0.3 is 5.73 Å². The SMILES string of the molecule is Nc1cccn2c(-c3ccc(Cl)c(Cl)c3)cnc12. The zero-order valence-electron chi connectivity index (χ0n) is 9.27. The summed E-state index contributed by atoms with van der Waals surface area (Å²) in [5, 5.41) is 1.06. The molecule has 0 unspecified atom stereocenters. The van der Waals surface area contributed by atoms with Crippen LogP contribution in [-0.2, 0) is 0 Å². The minimum atomic E-state index is 0.521. The highest BCUT2D eigenvalue weighted by Crippen LogP contribution is 2.29. The second-order valence-electron chi connectivity index (χ2n) is 3.93. The molecule has 0 aliphatic rings. The number of hydrogen-bond donors (Lipinski definition) is 1. The third-order valence-electron chi connectivity index (χ3n) is 2.78. The summed E-state index contributed by atoms with van der Waals surface area (Å²) in [5.74, 6) is 0. The van der Waals surface area contributed by atoms with E-state index >= 15 is 0 Å². The Hall–Kier alpha value is -1.71. The Morgan fingerprint density at radius 2 is 1.94 bits per heavy atom. The molecule has 5 heteroatoms. The quantitative estimate of drug-likeness (QED) is 0.733. The minimum Gasteiger partial charge on any atom is -0.396 e. The molecule has 90 valence electrons. The van der Waals surface area contributed by atoms with E-state index in [-0.39, 0.29) is 0 Å². The molecule has 3 nitrogen and oxygen atoms in total. The fourth-order valence-electron chi connectivity index (χ4n) is 1.90. The molecule has 2 N–H and O–H groups in total. The average Bonchev–Trinajstić information content (AvgIpc) is 2.78. The van der Waals surface area contributed by atoms with Gasteiger partial charge in [-0.3, -0.25) is 4.40 Å². The lowest BCUT2D eigenvalue weighted by Gasteiger charge is -2.04. The van der Waals surface area contributed by atoms with Crippen molar-refractivity contribution in [3.05, 3.63) is 52.8 Å². The number of aromatic nitrogens is 2. The van der Waals surface area contributed by atoms with Gasteiger partial charge in [0.25, 0.3) is 0 Å². The average molecular weight is 278 g/mol. The number of halogens is 2. The molecule has 0 spiro atoms. The number of imidazole rings is 1. The van der Waals surface area contributed by atoms with E-state index < -0.39 is 0 Å². The standard InChI is InChI=1S/C13H9Cl2N3/c14-9-4-3-8(6-10(9)15)12-7-17-13-11(16)2-1-5-18(12)13/h1-7H,16H2. The molecule has 1 aromatic carbocycles. The molecule has 0 aliphatic carbocycles. The van der Waals surface area contributed by atoms with Crippen molar-refractivity contribution in [2.24, 2.45) is 0 Å². The van der Waals surface area contributed by atoms with Gasteiger partial charge in [-0.1, -0.05) is 29.3 Å². The zero-order chi connectivity index (χ0) is 12.7. The van der Waals surface area contributed by atoms with Crippen molar-refractivity contribution < 1.29 is 0 Å². The summed E-state index contributed by atoms with van der Waals surface area (Å²) in [5.41, 5.74) is 9.12. The molecule has 0 amide bonds. The number of nitrogens with two attached hydrogens (primary N) is 1. The Kier molecular flexibility index (Phi) is 2.65. The Morgan fingerprint density at radius 3 is 2.72 bits per heavy atom. The van der Waals surface area contributed by atoms with Crippen molar-refractivity contribution in [2.75, 3.05) is 5.73 Å². The van der Waals surface area contributed by atoms with Crippen LogP contribution in [0.15, 0.2) is 42.7 Å². The predicted molar refractivity (Wildman–Crippen MR) is 75.1 cm³/mol. The van der Waals surface area contributed by atoms with E-state index in [4.69, 9.17) is 28.9 Å². The second-order valence-corrected chi connectivity index (χ2v) is 4.74. The number of anilines is 1. The highest BCUT2D eigenvalue weighted by atomic mass is 35.5. The number of nitrogen functional groups attached to an aromatic ring is 1. The highest BCUT2D eigenvalue weighted by molar-refractivity contribution is 6.42. The van der Waals surface area contributed by atoms with E-state index in [1.807, 2.05) is 34.9 Å². The van der Waals surface area contributed by atoms with Crippen LogP contribution in [0.5, 0.6) is 0 Å². The number of benzene rings is 1. The van der Waals surface area contributed by atoms with Gasteiger partial charge in [0, 0.05) is 11.8 Å². The topological polar surface area (TPSA) is 43.3 Å². The van der Waals surface area contributed by atoms with Crippen molar-refractivity contribution in [1.82, 2.24) is 9.38 Å². The van der Waals surface area contributed by atoms with Crippen LogP contribution >= 0.6 is 23.2 Å². The molecular weight excluding hydrogens is 269 g/mol. The lowest BCUT2D eigenvalue weighted by Crippen LogP contribution is -1.93. The van der Waals surface area contributed by atoms with Crippen molar-refractivity contribution >= 4 is 34.5 Å². The fraction of sp³-hybridized carbons (Fsp3) is 0. The summed E-state index contributed by atoms with van der Waals surface area (Å²) in [6.45, 7) is 0. The fourth-order valence-corrected chi connectivity index (χ4v) is 2.20. The summed E-state index contributed by atoms with van der Waals surface area (Å²) in [7, 11) is 0. The van der Waals surface area contributed by atoms with Crippen LogP contribution in [0.25, 0.3) is 16.9 Å². The highest BCUT2D eigenvalue weighted by Gasteiger charge is 2.08. The molecule has 0 bridgehead atoms. The van der Waals surface area contributed by atoms with Gasteiger partial charge in [0.2, 0.25) is 0 Å². The number of nitrogens with zero attached hydrogens (tertiary/aromatic N) is 2. The maximum Gasteiger partial charge on any atom is 0.160 e. The number of pyridine rings is 1. The van der Waals surface area contributed by atoms with Gasteiger partial charge in [-0.25, -0.2) is 4.98 Å². The van der Waals surface area contributed by atoms with Gasteiger partial charge in [-0.2, -0.15) is 0 Å². The first-order valence-electron chi connectivity index (χ1n) is 5.34. The molecule has 0 radical (unpaired) electrons. The van der Waals surface area contributed by atoms with E-state index in [0.717, 1.165) is 16.9 Å². The predicted octanol–water partition coefficient (Wildman–Crippen LogP) is 3.89. The van der Waals surface area contributed by atoms with E-state index in [0.29, 0.717) is 15.7 Å². The third kappa shape index (κ3) is 1.72. The van der Waals surface area contributed by atoms with Crippen LogP contribution < -0.4 is 5.73 Å². The van der Waals surface area contributed by atoms with E-state index in [9.17, 15) is 0 Å². The molecule has 0 fully saturated rings. The van der Waals surface area contributed by atoms with Crippen LogP contribution in [-0.4, -0.2) is 9.38 Å². The largest absolute Gasteiger partial charge is 0.396 e. The van der Waals surface area contributed by atoms with E-state index in [1.54, 1.807) is 12.3 Å². The summed E-state index contributed by atoms with van der Waals surface area (Å²) in [4.78, 5) is 4.31. The van der Waals surface area contributed by atoms with Crippen molar-refractivity contribution in [2.45, 2.75) is 0 Å². The Labute approximate surface area is 114 Å². The first-order valence-corrected chi connectivity index (χ1v) is 6.09. The lowest BCUT2D eigenvalue weighted by molar-refractivity contribution is 1.19. The van der Waals surface area contributed by atoms with E-state index in [1.165, 1.54) is 0 Å². The smallest absolute Gasteiger partial charge is 0.160 e. The van der Waals surface area contributed by atoms with E-state index in [2.05, 4.69) is 4.98 Å². The molecule has 2 heterocycles. The van der Waals surface area contributed by atoms with Crippen molar-refractivity contribution in [3.63, 3.8) is 0 Å². The maximum atomic E-state index is 6.03. The van der Waals surface area contributed by atoms with Crippen LogP contribution in [0, 0.1) is 0 Å². The summed E-state index contributed by atoms with van der Waals surface area (Å²) >= 11 is 11.9. The second kappa shape index (κ2) is 4.19. The monoisotopic (exact) mass is 277 g/mol. The van der Waals surface area contributed by atoms with Gasteiger partial charge >= 0.3 is 0 Å².